The number of esters is 1. The molecule has 1 amide bonds. The Labute approximate surface area is 141 Å². The Morgan fingerprint density at radius 1 is 1.16 bits per heavy atom. The van der Waals surface area contributed by atoms with E-state index in [4.69, 9.17) is 5.73 Å². The summed E-state index contributed by atoms with van der Waals surface area (Å²) in [5.74, 6) is -1.49. The Hall–Kier alpha value is -3.03. The second-order valence-corrected chi connectivity index (χ2v) is 5.24. The first-order chi connectivity index (χ1) is 11.6. The molecule has 0 fully saturated rings. The molecular weight excluding hydrogens is 337 g/mol. The summed E-state index contributed by atoms with van der Waals surface area (Å²) < 4.78 is 45.1. The molecular formula is C17H15F3N2O3. The predicted octanol–water partition coefficient (Wildman–Crippen LogP) is 3.70. The standard InChI is InChI=1S/C17H15F3N2O3/c1-9(23)22-15-8-14(17(18,19)20)12(7-13(15)16(24)25-2)10-4-3-5-11(21)6-10/h3-8H,21H2,1-2H3,(H,22,23). The van der Waals surface area contributed by atoms with E-state index in [2.05, 4.69) is 10.1 Å². The summed E-state index contributed by atoms with van der Waals surface area (Å²) >= 11 is 0. The lowest BCUT2D eigenvalue weighted by atomic mass is 9.95. The molecule has 0 aliphatic heterocycles. The van der Waals surface area contributed by atoms with Crippen LogP contribution >= 0.6 is 0 Å². The number of methoxy groups -OCH3 is 1. The molecule has 2 rings (SSSR count). The van der Waals surface area contributed by atoms with Crippen LogP contribution in [0.3, 0.4) is 0 Å². The van der Waals surface area contributed by atoms with Crippen LogP contribution < -0.4 is 11.1 Å². The number of nitrogen functional groups attached to an aromatic ring is 1. The third kappa shape index (κ3) is 4.09. The van der Waals surface area contributed by atoms with Gasteiger partial charge in [-0.25, -0.2) is 4.79 Å². The lowest BCUT2D eigenvalue weighted by Gasteiger charge is -2.18. The topological polar surface area (TPSA) is 81.4 Å². The van der Waals surface area contributed by atoms with E-state index in [1.165, 1.54) is 24.3 Å². The number of hydrogen-bond acceptors (Lipinski definition) is 4. The van der Waals surface area contributed by atoms with E-state index in [1.54, 1.807) is 0 Å². The van der Waals surface area contributed by atoms with Crippen molar-refractivity contribution in [1.82, 2.24) is 0 Å². The van der Waals surface area contributed by atoms with Gasteiger partial charge >= 0.3 is 12.1 Å². The molecule has 0 unspecified atom stereocenters. The molecule has 25 heavy (non-hydrogen) atoms. The van der Waals surface area contributed by atoms with E-state index >= 15 is 0 Å². The van der Waals surface area contributed by atoms with Gasteiger partial charge in [-0.05, 0) is 35.4 Å². The van der Waals surface area contributed by atoms with E-state index < -0.39 is 23.6 Å². The molecule has 0 saturated carbocycles. The second kappa shape index (κ2) is 6.84. The molecule has 0 aromatic heterocycles. The summed E-state index contributed by atoms with van der Waals surface area (Å²) in [6.07, 6.45) is -4.71. The van der Waals surface area contributed by atoms with Crippen LogP contribution in [-0.2, 0) is 15.7 Å². The van der Waals surface area contributed by atoms with E-state index in [9.17, 15) is 22.8 Å². The van der Waals surface area contributed by atoms with Gasteiger partial charge in [0.15, 0.2) is 0 Å². The average molecular weight is 352 g/mol. The predicted molar refractivity (Wildman–Crippen MR) is 86.9 cm³/mol. The van der Waals surface area contributed by atoms with Gasteiger partial charge in [0.05, 0.1) is 23.9 Å². The highest BCUT2D eigenvalue weighted by Crippen LogP contribution is 2.40. The van der Waals surface area contributed by atoms with Crippen molar-refractivity contribution in [2.45, 2.75) is 13.1 Å². The highest BCUT2D eigenvalue weighted by molar-refractivity contribution is 6.02. The zero-order chi connectivity index (χ0) is 18.8. The summed E-state index contributed by atoms with van der Waals surface area (Å²) in [6, 6.07) is 7.60. The zero-order valence-electron chi connectivity index (χ0n) is 13.4. The molecule has 0 aliphatic rings. The molecule has 0 atom stereocenters. The molecule has 0 bridgehead atoms. The average Bonchev–Trinajstić information content (AvgIpc) is 2.52. The number of hydrogen-bond donors (Lipinski definition) is 2. The third-order valence-corrected chi connectivity index (χ3v) is 3.38. The quantitative estimate of drug-likeness (QED) is 0.652. The minimum atomic E-state index is -4.71. The highest BCUT2D eigenvalue weighted by atomic mass is 19.4. The van der Waals surface area contributed by atoms with Crippen LogP contribution in [0.2, 0.25) is 0 Å². The van der Waals surface area contributed by atoms with Crippen molar-refractivity contribution in [3.05, 3.63) is 47.5 Å². The van der Waals surface area contributed by atoms with Gasteiger partial charge in [-0.2, -0.15) is 13.2 Å². The van der Waals surface area contributed by atoms with Gasteiger partial charge < -0.3 is 15.8 Å². The van der Waals surface area contributed by atoms with Gasteiger partial charge in [0, 0.05) is 12.6 Å². The fourth-order valence-corrected chi connectivity index (χ4v) is 2.35. The fraction of sp³-hybridized carbons (Fsp3) is 0.176. The van der Waals surface area contributed by atoms with Gasteiger partial charge in [0.2, 0.25) is 5.91 Å². The Kier molecular flexibility index (Phi) is 5.01. The SMILES string of the molecule is COC(=O)c1cc(-c2cccc(N)c2)c(C(F)(F)F)cc1NC(C)=O. The molecule has 2 aromatic rings. The number of halogens is 3. The maximum atomic E-state index is 13.5. The van der Waals surface area contributed by atoms with E-state index in [0.29, 0.717) is 6.07 Å². The highest BCUT2D eigenvalue weighted by Gasteiger charge is 2.35. The third-order valence-electron chi connectivity index (χ3n) is 3.38. The zero-order valence-corrected chi connectivity index (χ0v) is 13.4. The van der Waals surface area contributed by atoms with Crippen molar-refractivity contribution in [3.8, 4) is 11.1 Å². The van der Waals surface area contributed by atoms with Gasteiger partial charge in [0.1, 0.15) is 0 Å². The molecule has 0 heterocycles. The number of alkyl halides is 3. The normalized spacial score (nSPS) is 11.1. The maximum Gasteiger partial charge on any atom is 0.417 e. The summed E-state index contributed by atoms with van der Waals surface area (Å²) in [5.41, 5.74) is 4.39. The monoisotopic (exact) mass is 352 g/mol. The van der Waals surface area contributed by atoms with Crippen molar-refractivity contribution in [2.24, 2.45) is 0 Å². The lowest BCUT2D eigenvalue weighted by molar-refractivity contribution is -0.137. The molecule has 0 spiro atoms. The summed E-state index contributed by atoms with van der Waals surface area (Å²) in [5, 5.41) is 2.23. The lowest BCUT2D eigenvalue weighted by Crippen LogP contribution is -2.16. The molecule has 0 radical (unpaired) electrons. The van der Waals surface area contributed by atoms with Crippen molar-refractivity contribution >= 4 is 23.3 Å². The van der Waals surface area contributed by atoms with Crippen LogP contribution in [0.25, 0.3) is 11.1 Å². The van der Waals surface area contributed by atoms with E-state index in [1.807, 2.05) is 0 Å². The van der Waals surface area contributed by atoms with Crippen molar-refractivity contribution in [3.63, 3.8) is 0 Å². The Bertz CT molecular complexity index is 832. The van der Waals surface area contributed by atoms with Crippen molar-refractivity contribution in [2.75, 3.05) is 18.2 Å². The minimum absolute atomic E-state index is 0.187. The number of nitrogens with two attached hydrogens (primary N) is 1. The van der Waals surface area contributed by atoms with Gasteiger partial charge in [0.25, 0.3) is 0 Å². The number of carbonyl (C=O) groups is 2. The van der Waals surface area contributed by atoms with E-state index in [0.717, 1.165) is 20.1 Å². The fourth-order valence-electron chi connectivity index (χ4n) is 2.35. The number of ether oxygens (including phenoxy) is 1. The largest absolute Gasteiger partial charge is 0.465 e. The molecule has 0 saturated heterocycles. The number of nitrogens with one attached hydrogen (secondary N) is 1. The minimum Gasteiger partial charge on any atom is -0.465 e. The van der Waals surface area contributed by atoms with Crippen LogP contribution in [0.15, 0.2) is 36.4 Å². The first kappa shape index (κ1) is 18.3. The number of benzene rings is 2. The number of carbonyl (C=O) groups excluding carboxylic acids is 2. The molecule has 8 heteroatoms. The molecule has 3 N–H and O–H groups in total. The van der Waals surface area contributed by atoms with Crippen molar-refractivity contribution < 1.29 is 27.5 Å². The molecule has 0 aliphatic carbocycles. The van der Waals surface area contributed by atoms with Crippen LogP contribution in [0.1, 0.15) is 22.8 Å². The Morgan fingerprint density at radius 2 is 1.84 bits per heavy atom. The second-order valence-electron chi connectivity index (χ2n) is 5.24. The smallest absolute Gasteiger partial charge is 0.417 e. The van der Waals surface area contributed by atoms with Gasteiger partial charge in [-0.3, -0.25) is 4.79 Å². The van der Waals surface area contributed by atoms with Crippen LogP contribution in [0.5, 0.6) is 0 Å². The summed E-state index contributed by atoms with van der Waals surface area (Å²) in [6.45, 7) is 1.13. The summed E-state index contributed by atoms with van der Waals surface area (Å²) in [4.78, 5) is 23.2. The van der Waals surface area contributed by atoms with Gasteiger partial charge in [-0.15, -0.1) is 0 Å². The molecule has 2 aromatic carbocycles. The number of rotatable bonds is 3. The Balaban J connectivity index is 2.80. The first-order valence-electron chi connectivity index (χ1n) is 7.10. The molecule has 132 valence electrons. The number of anilines is 2. The van der Waals surface area contributed by atoms with Crippen LogP contribution in [0.4, 0.5) is 24.5 Å². The van der Waals surface area contributed by atoms with Crippen molar-refractivity contribution in [1.29, 1.82) is 0 Å². The van der Waals surface area contributed by atoms with E-state index in [-0.39, 0.29) is 28.1 Å². The molecule has 5 nitrogen and oxygen atoms in total. The Morgan fingerprint density at radius 3 is 2.36 bits per heavy atom. The van der Waals surface area contributed by atoms with Gasteiger partial charge in [-0.1, -0.05) is 12.1 Å². The maximum absolute atomic E-state index is 13.5. The van der Waals surface area contributed by atoms with Crippen LogP contribution in [-0.4, -0.2) is 19.0 Å². The van der Waals surface area contributed by atoms with Crippen LogP contribution in [0, 0.1) is 0 Å². The summed E-state index contributed by atoms with van der Waals surface area (Å²) in [7, 11) is 1.09. The first-order valence-corrected chi connectivity index (χ1v) is 7.10. The number of amides is 1.